The molecule has 1 aromatic rings. The molecule has 0 aromatic carbocycles. The Balaban J connectivity index is 1.76. The minimum absolute atomic E-state index is 0.249. The molecule has 1 N–H and O–H groups in total. The van der Waals surface area contributed by atoms with Crippen LogP contribution in [0.25, 0.3) is 0 Å². The van der Waals surface area contributed by atoms with Gasteiger partial charge in [0, 0.05) is 0 Å². The summed E-state index contributed by atoms with van der Waals surface area (Å²) in [4.78, 5) is 11.5. The maximum Gasteiger partial charge on any atom is 0.373 e. The van der Waals surface area contributed by atoms with E-state index >= 15 is 0 Å². The Kier molecular flexibility index (Phi) is 3.35. The average Bonchev–Trinajstić information content (AvgIpc) is 2.86. The smallest absolute Gasteiger partial charge is 0.373 e. The minimum atomic E-state index is -0.405. The summed E-state index contributed by atoms with van der Waals surface area (Å²) in [6, 6.07) is 3.87. The molecule has 4 nitrogen and oxygen atoms in total. The largest absolute Gasteiger partial charge is 0.463 e. The van der Waals surface area contributed by atoms with Gasteiger partial charge in [0.2, 0.25) is 5.76 Å². The van der Waals surface area contributed by atoms with Gasteiger partial charge in [-0.3, -0.25) is 0 Å². The van der Waals surface area contributed by atoms with Crippen LogP contribution in [0.15, 0.2) is 16.5 Å². The monoisotopic (exact) mass is 263 g/mol. The Morgan fingerprint density at radius 2 is 2.21 bits per heavy atom. The molecule has 2 saturated carbocycles. The molecule has 3 atom stereocenters. The molecule has 0 radical (unpaired) electrons. The number of esters is 1. The molecule has 3 unspecified atom stereocenters. The number of rotatable bonds is 5. The van der Waals surface area contributed by atoms with Crippen molar-refractivity contribution in [3.63, 3.8) is 0 Å². The highest BCUT2D eigenvalue weighted by Gasteiger charge is 2.56. The van der Waals surface area contributed by atoms with Gasteiger partial charge in [0.25, 0.3) is 0 Å². The first kappa shape index (κ1) is 12.7. The van der Waals surface area contributed by atoms with Gasteiger partial charge in [-0.15, -0.1) is 0 Å². The highest BCUT2D eigenvalue weighted by atomic mass is 16.5. The molecule has 3 rings (SSSR count). The Labute approximate surface area is 113 Å². The first-order valence-corrected chi connectivity index (χ1v) is 7.17. The molecule has 2 aliphatic rings. The fourth-order valence-electron chi connectivity index (χ4n) is 3.75. The summed E-state index contributed by atoms with van der Waals surface area (Å²) in [5.41, 5.74) is 0. The number of fused-ring (bicyclic) bond motifs is 1. The lowest BCUT2D eigenvalue weighted by Crippen LogP contribution is -2.24. The van der Waals surface area contributed by atoms with E-state index in [0.29, 0.717) is 11.7 Å². The third-order valence-corrected chi connectivity index (χ3v) is 4.60. The van der Waals surface area contributed by atoms with Crippen molar-refractivity contribution in [1.82, 2.24) is 5.32 Å². The van der Waals surface area contributed by atoms with Crippen LogP contribution in [0.2, 0.25) is 0 Å². The van der Waals surface area contributed by atoms with E-state index in [2.05, 4.69) is 17.0 Å². The molecular weight excluding hydrogens is 242 g/mol. The van der Waals surface area contributed by atoms with E-state index in [9.17, 15) is 4.79 Å². The molecule has 2 aliphatic carbocycles. The van der Waals surface area contributed by atoms with Gasteiger partial charge >= 0.3 is 5.97 Å². The number of nitrogens with one attached hydrogen (secondary N) is 1. The van der Waals surface area contributed by atoms with Crippen LogP contribution in [0.1, 0.15) is 48.5 Å². The van der Waals surface area contributed by atoms with Crippen molar-refractivity contribution in [1.29, 1.82) is 0 Å². The van der Waals surface area contributed by atoms with Crippen molar-refractivity contribution in [2.75, 3.05) is 13.7 Å². The molecule has 4 heteroatoms. The van der Waals surface area contributed by atoms with Gasteiger partial charge in [0.1, 0.15) is 5.76 Å². The first-order chi connectivity index (χ1) is 9.26. The second-order valence-electron chi connectivity index (χ2n) is 5.56. The maximum absolute atomic E-state index is 11.5. The van der Waals surface area contributed by atoms with E-state index in [1.54, 1.807) is 6.07 Å². The van der Waals surface area contributed by atoms with Gasteiger partial charge in [0.05, 0.1) is 13.2 Å². The first-order valence-electron chi connectivity index (χ1n) is 7.17. The summed E-state index contributed by atoms with van der Waals surface area (Å²) < 4.78 is 10.4. The number of furan rings is 1. The van der Waals surface area contributed by atoms with Crippen LogP contribution >= 0.6 is 0 Å². The van der Waals surface area contributed by atoms with E-state index in [4.69, 9.17) is 4.42 Å². The number of hydrogen-bond acceptors (Lipinski definition) is 4. The van der Waals surface area contributed by atoms with Crippen molar-refractivity contribution in [2.24, 2.45) is 17.8 Å². The fraction of sp³-hybridized carbons (Fsp3) is 0.667. The fourth-order valence-corrected chi connectivity index (χ4v) is 3.75. The third-order valence-electron chi connectivity index (χ3n) is 4.60. The zero-order chi connectivity index (χ0) is 13.4. The Morgan fingerprint density at radius 3 is 2.84 bits per heavy atom. The summed E-state index contributed by atoms with van der Waals surface area (Å²) in [7, 11) is 1.37. The van der Waals surface area contributed by atoms with Gasteiger partial charge in [-0.05, 0) is 49.3 Å². The second kappa shape index (κ2) is 5.00. The Morgan fingerprint density at radius 1 is 1.47 bits per heavy atom. The van der Waals surface area contributed by atoms with E-state index in [0.717, 1.165) is 24.1 Å². The molecule has 0 saturated heterocycles. The van der Waals surface area contributed by atoms with E-state index < -0.39 is 5.97 Å². The lowest BCUT2D eigenvalue weighted by molar-refractivity contribution is 0.0561. The minimum Gasteiger partial charge on any atom is -0.463 e. The van der Waals surface area contributed by atoms with Crippen LogP contribution in [0.5, 0.6) is 0 Å². The molecule has 104 valence electrons. The SMILES string of the molecule is CCNC(c1ccc(C(=O)OC)o1)C1C2CCCC21. The Hall–Kier alpha value is -1.29. The van der Waals surface area contributed by atoms with Gasteiger partial charge in [-0.25, -0.2) is 4.79 Å². The van der Waals surface area contributed by atoms with Crippen molar-refractivity contribution < 1.29 is 13.9 Å². The number of methoxy groups -OCH3 is 1. The summed E-state index contributed by atoms with van der Waals surface area (Å²) >= 11 is 0. The van der Waals surface area contributed by atoms with Gasteiger partial charge in [-0.1, -0.05) is 13.3 Å². The normalized spacial score (nSPS) is 29.9. The van der Waals surface area contributed by atoms with Crippen LogP contribution in [-0.4, -0.2) is 19.6 Å². The molecule has 0 amide bonds. The van der Waals surface area contributed by atoms with Crippen LogP contribution in [-0.2, 0) is 4.74 Å². The molecule has 0 bridgehead atoms. The van der Waals surface area contributed by atoms with Crippen LogP contribution < -0.4 is 5.32 Å². The van der Waals surface area contributed by atoms with Crippen LogP contribution in [0, 0.1) is 17.8 Å². The van der Waals surface area contributed by atoms with E-state index in [1.807, 2.05) is 6.07 Å². The zero-order valence-corrected chi connectivity index (χ0v) is 11.5. The predicted molar refractivity (Wildman–Crippen MR) is 70.8 cm³/mol. The predicted octanol–water partition coefficient (Wildman–Crippen LogP) is 2.76. The molecule has 0 aliphatic heterocycles. The van der Waals surface area contributed by atoms with E-state index in [1.165, 1.54) is 26.4 Å². The van der Waals surface area contributed by atoms with Crippen molar-refractivity contribution in [3.05, 3.63) is 23.7 Å². The van der Waals surface area contributed by atoms with E-state index in [-0.39, 0.29) is 6.04 Å². The summed E-state index contributed by atoms with van der Waals surface area (Å²) in [6.45, 7) is 3.02. The molecular formula is C15H21NO3. The second-order valence-corrected chi connectivity index (χ2v) is 5.56. The summed E-state index contributed by atoms with van der Waals surface area (Å²) in [5, 5.41) is 3.51. The molecule has 1 heterocycles. The Bertz CT molecular complexity index is 458. The molecule has 19 heavy (non-hydrogen) atoms. The number of carbonyl (C=O) groups is 1. The molecule has 0 spiro atoms. The molecule has 2 fully saturated rings. The zero-order valence-electron chi connectivity index (χ0n) is 11.5. The maximum atomic E-state index is 11.5. The summed E-state index contributed by atoms with van der Waals surface area (Å²) in [6.07, 6.45) is 4.07. The van der Waals surface area contributed by atoms with Gasteiger partial charge in [-0.2, -0.15) is 0 Å². The van der Waals surface area contributed by atoms with Crippen molar-refractivity contribution in [2.45, 2.75) is 32.2 Å². The average molecular weight is 263 g/mol. The van der Waals surface area contributed by atoms with Crippen LogP contribution in [0.4, 0.5) is 0 Å². The number of ether oxygens (including phenoxy) is 1. The third kappa shape index (κ3) is 2.18. The lowest BCUT2D eigenvalue weighted by Gasteiger charge is -2.17. The highest BCUT2D eigenvalue weighted by Crippen LogP contribution is 2.62. The topological polar surface area (TPSA) is 51.5 Å². The van der Waals surface area contributed by atoms with Gasteiger partial charge in [0.15, 0.2) is 0 Å². The highest BCUT2D eigenvalue weighted by molar-refractivity contribution is 5.86. The number of hydrogen-bond donors (Lipinski definition) is 1. The lowest BCUT2D eigenvalue weighted by atomic mass is 10.0. The standard InChI is InChI=1S/C15H21NO3/c1-3-16-14(13-9-5-4-6-10(9)13)11-7-8-12(19-11)15(17)18-2/h7-10,13-14,16H,3-6H2,1-2H3. The number of carbonyl (C=O) groups excluding carboxylic acids is 1. The van der Waals surface area contributed by atoms with Gasteiger partial charge < -0.3 is 14.5 Å². The quantitative estimate of drug-likeness (QED) is 0.830. The van der Waals surface area contributed by atoms with Crippen LogP contribution in [0.3, 0.4) is 0 Å². The summed E-state index contributed by atoms with van der Waals surface area (Å²) in [5.74, 6) is 3.17. The van der Waals surface area contributed by atoms with Crippen molar-refractivity contribution >= 4 is 5.97 Å². The molecule has 1 aromatic heterocycles. The van der Waals surface area contributed by atoms with Crippen molar-refractivity contribution in [3.8, 4) is 0 Å².